The van der Waals surface area contributed by atoms with E-state index >= 15 is 0 Å². The van der Waals surface area contributed by atoms with Gasteiger partial charge in [0.05, 0.1) is 11.1 Å². The quantitative estimate of drug-likeness (QED) is 0.636. The molecule has 5 heteroatoms. The van der Waals surface area contributed by atoms with Crippen LogP contribution in [0, 0.1) is 11.6 Å². The fourth-order valence-electron chi connectivity index (χ4n) is 2.15. The molecule has 106 valence electrons. The van der Waals surface area contributed by atoms with E-state index in [-0.39, 0.29) is 16.5 Å². The number of hydrogen-bond acceptors (Lipinski definition) is 2. The molecule has 2 nitrogen and oxygen atoms in total. The van der Waals surface area contributed by atoms with Gasteiger partial charge in [-0.2, -0.15) is 0 Å². The molecule has 0 atom stereocenters. The fourth-order valence-corrected chi connectivity index (χ4v) is 2.38. The molecule has 1 aromatic heterocycles. The predicted octanol–water partition coefficient (Wildman–Crippen LogP) is 4.79. The lowest BCUT2D eigenvalue weighted by molar-refractivity contribution is 0.585. The Hall–Kier alpha value is -2.07. The molecule has 0 aliphatic rings. The molecule has 0 unspecified atom stereocenters. The van der Waals surface area contributed by atoms with Crippen LogP contribution in [0.2, 0.25) is 5.15 Å². The third kappa shape index (κ3) is 2.59. The number of benzene rings is 2. The molecule has 3 aromatic rings. The third-order valence-corrected chi connectivity index (χ3v) is 3.58. The van der Waals surface area contributed by atoms with Gasteiger partial charge in [-0.25, -0.2) is 18.7 Å². The third-order valence-electron chi connectivity index (χ3n) is 3.29. The number of aromatic nitrogens is 2. The summed E-state index contributed by atoms with van der Waals surface area (Å²) in [4.78, 5) is 8.44. The zero-order valence-electron chi connectivity index (χ0n) is 11.2. The highest BCUT2D eigenvalue weighted by Crippen LogP contribution is 2.27. The molecular formula is C16H11ClF2N2. The van der Waals surface area contributed by atoms with Crippen LogP contribution in [0.4, 0.5) is 8.78 Å². The Morgan fingerprint density at radius 3 is 2.57 bits per heavy atom. The van der Waals surface area contributed by atoms with E-state index in [1.165, 1.54) is 12.1 Å². The summed E-state index contributed by atoms with van der Waals surface area (Å²) in [6, 6.07) is 8.96. The molecule has 21 heavy (non-hydrogen) atoms. The van der Waals surface area contributed by atoms with Crippen molar-refractivity contribution in [1.29, 1.82) is 0 Å². The second-order valence-electron chi connectivity index (χ2n) is 4.67. The van der Waals surface area contributed by atoms with Gasteiger partial charge >= 0.3 is 0 Å². The molecule has 0 aliphatic heterocycles. The summed E-state index contributed by atoms with van der Waals surface area (Å²) in [6.45, 7) is 2.04. The molecule has 2 aromatic carbocycles. The Balaban J connectivity index is 2.20. The Morgan fingerprint density at radius 1 is 1.05 bits per heavy atom. The summed E-state index contributed by atoms with van der Waals surface area (Å²) < 4.78 is 26.8. The molecule has 0 bridgehead atoms. The highest BCUT2D eigenvalue weighted by Gasteiger charge is 2.12. The summed E-state index contributed by atoms with van der Waals surface area (Å²) in [7, 11) is 0. The second kappa shape index (κ2) is 5.37. The van der Waals surface area contributed by atoms with Gasteiger partial charge in [-0.3, -0.25) is 0 Å². The van der Waals surface area contributed by atoms with Crippen molar-refractivity contribution in [2.45, 2.75) is 13.3 Å². The van der Waals surface area contributed by atoms with Crippen molar-refractivity contribution in [2.75, 3.05) is 0 Å². The first kappa shape index (κ1) is 13.9. The van der Waals surface area contributed by atoms with Crippen molar-refractivity contribution in [3.8, 4) is 11.4 Å². The largest absolute Gasteiger partial charge is 0.228 e. The van der Waals surface area contributed by atoms with Crippen LogP contribution in [-0.2, 0) is 6.42 Å². The van der Waals surface area contributed by atoms with E-state index in [1.807, 2.05) is 25.1 Å². The molecule has 0 radical (unpaired) electrons. The maximum Gasteiger partial charge on any atom is 0.164 e. The molecule has 0 spiro atoms. The summed E-state index contributed by atoms with van der Waals surface area (Å²) in [5.74, 6) is -1.21. The molecular weight excluding hydrogens is 294 g/mol. The Bertz CT molecular complexity index is 834. The van der Waals surface area contributed by atoms with E-state index in [2.05, 4.69) is 9.97 Å². The van der Waals surface area contributed by atoms with Gasteiger partial charge in [0.25, 0.3) is 0 Å². The highest BCUT2D eigenvalue weighted by atomic mass is 35.5. The highest BCUT2D eigenvalue weighted by molar-refractivity contribution is 6.34. The maximum absolute atomic E-state index is 13.8. The average molecular weight is 305 g/mol. The van der Waals surface area contributed by atoms with Gasteiger partial charge in [0.1, 0.15) is 16.8 Å². The lowest BCUT2D eigenvalue weighted by Crippen LogP contribution is -1.95. The van der Waals surface area contributed by atoms with Gasteiger partial charge in [0, 0.05) is 11.5 Å². The van der Waals surface area contributed by atoms with Crippen LogP contribution in [0.15, 0.2) is 36.4 Å². The van der Waals surface area contributed by atoms with Gasteiger partial charge in [-0.05, 0) is 36.2 Å². The summed E-state index contributed by atoms with van der Waals surface area (Å²) in [6.07, 6.45) is 0.876. The topological polar surface area (TPSA) is 25.8 Å². The Morgan fingerprint density at radius 2 is 1.86 bits per heavy atom. The minimum absolute atomic E-state index is 0.125. The lowest BCUT2D eigenvalue weighted by atomic mass is 10.1. The SMILES string of the molecule is CCc1ccc2nc(-c3ccc(F)cc3F)nc(Cl)c2c1. The monoisotopic (exact) mass is 304 g/mol. The number of rotatable bonds is 2. The normalized spacial score (nSPS) is 11.0. The lowest BCUT2D eigenvalue weighted by Gasteiger charge is -2.07. The molecule has 0 fully saturated rings. The standard InChI is InChI=1S/C16H11ClF2N2/c1-2-9-3-6-14-12(7-9)15(17)21-16(20-14)11-5-4-10(18)8-13(11)19/h3-8H,2H2,1H3. The minimum atomic E-state index is -0.712. The van der Waals surface area contributed by atoms with Gasteiger partial charge in [-0.1, -0.05) is 24.6 Å². The van der Waals surface area contributed by atoms with Gasteiger partial charge < -0.3 is 0 Å². The van der Waals surface area contributed by atoms with E-state index in [9.17, 15) is 8.78 Å². The van der Waals surface area contributed by atoms with Crippen molar-refractivity contribution >= 4 is 22.5 Å². The summed E-state index contributed by atoms with van der Waals surface area (Å²) in [5.41, 5.74) is 1.87. The van der Waals surface area contributed by atoms with Crippen molar-refractivity contribution < 1.29 is 8.78 Å². The number of aryl methyl sites for hydroxylation is 1. The molecule has 0 amide bonds. The summed E-state index contributed by atoms with van der Waals surface area (Å²) in [5, 5.41) is 0.983. The Labute approximate surface area is 125 Å². The molecule has 0 aliphatic carbocycles. The van der Waals surface area contributed by atoms with Crippen molar-refractivity contribution in [2.24, 2.45) is 0 Å². The fraction of sp³-hybridized carbons (Fsp3) is 0.125. The van der Waals surface area contributed by atoms with Gasteiger partial charge in [0.2, 0.25) is 0 Å². The molecule has 3 rings (SSSR count). The first-order chi connectivity index (χ1) is 10.1. The number of halogens is 3. The first-order valence-electron chi connectivity index (χ1n) is 6.50. The maximum atomic E-state index is 13.8. The molecule has 0 saturated heterocycles. The van der Waals surface area contributed by atoms with Crippen LogP contribution in [0.1, 0.15) is 12.5 Å². The van der Waals surface area contributed by atoms with E-state index in [0.29, 0.717) is 5.52 Å². The zero-order valence-corrected chi connectivity index (χ0v) is 12.0. The molecule has 0 saturated carbocycles. The zero-order chi connectivity index (χ0) is 15.0. The van der Waals surface area contributed by atoms with E-state index in [0.717, 1.165) is 23.4 Å². The second-order valence-corrected chi connectivity index (χ2v) is 5.03. The van der Waals surface area contributed by atoms with Gasteiger partial charge in [-0.15, -0.1) is 0 Å². The van der Waals surface area contributed by atoms with Crippen LogP contribution in [-0.4, -0.2) is 9.97 Å². The summed E-state index contributed by atoms with van der Waals surface area (Å²) >= 11 is 6.18. The van der Waals surface area contributed by atoms with Crippen LogP contribution >= 0.6 is 11.6 Å². The average Bonchev–Trinajstić information content (AvgIpc) is 2.47. The smallest absolute Gasteiger partial charge is 0.164 e. The Kier molecular flexibility index (Phi) is 3.55. The van der Waals surface area contributed by atoms with E-state index in [1.54, 1.807) is 0 Å². The molecule has 1 heterocycles. The van der Waals surface area contributed by atoms with Crippen molar-refractivity contribution in [3.63, 3.8) is 0 Å². The van der Waals surface area contributed by atoms with Crippen LogP contribution in [0.25, 0.3) is 22.3 Å². The minimum Gasteiger partial charge on any atom is -0.228 e. The number of nitrogens with zero attached hydrogens (tertiary/aromatic N) is 2. The van der Waals surface area contributed by atoms with Crippen LogP contribution < -0.4 is 0 Å². The number of fused-ring (bicyclic) bond motifs is 1. The van der Waals surface area contributed by atoms with E-state index in [4.69, 9.17) is 11.6 Å². The van der Waals surface area contributed by atoms with Gasteiger partial charge in [0.15, 0.2) is 5.82 Å². The van der Waals surface area contributed by atoms with Crippen molar-refractivity contribution in [1.82, 2.24) is 9.97 Å². The van der Waals surface area contributed by atoms with Crippen LogP contribution in [0.3, 0.4) is 0 Å². The predicted molar refractivity (Wildman–Crippen MR) is 79.3 cm³/mol. The van der Waals surface area contributed by atoms with Crippen LogP contribution in [0.5, 0.6) is 0 Å². The number of hydrogen-bond donors (Lipinski definition) is 0. The first-order valence-corrected chi connectivity index (χ1v) is 6.88. The molecule has 0 N–H and O–H groups in total. The van der Waals surface area contributed by atoms with Crippen molar-refractivity contribution in [3.05, 3.63) is 58.7 Å². The van der Waals surface area contributed by atoms with E-state index < -0.39 is 11.6 Å².